The van der Waals surface area contributed by atoms with Gasteiger partial charge in [-0.2, -0.15) is 13.2 Å². The van der Waals surface area contributed by atoms with Gasteiger partial charge in [-0.15, -0.1) is 0 Å². The lowest BCUT2D eigenvalue weighted by molar-refractivity contribution is -0.141. The molecule has 4 rings (SSSR count). The number of fused-ring (bicyclic) bond motifs is 1. The zero-order valence-corrected chi connectivity index (χ0v) is 17.0. The first-order chi connectivity index (χ1) is 14.2. The van der Waals surface area contributed by atoms with E-state index >= 15 is 0 Å². The number of aromatic nitrogens is 2. The van der Waals surface area contributed by atoms with E-state index in [2.05, 4.69) is 9.97 Å². The molecule has 30 heavy (non-hydrogen) atoms. The number of hydrogen-bond acceptors (Lipinski definition) is 3. The van der Waals surface area contributed by atoms with E-state index in [1.165, 1.54) is 6.20 Å². The molecule has 1 saturated heterocycles. The number of nitrogens with one attached hydrogen (secondary N) is 1. The largest absolute Gasteiger partial charge is 0.433 e. The van der Waals surface area contributed by atoms with E-state index in [0.29, 0.717) is 59.0 Å². The van der Waals surface area contributed by atoms with Crippen molar-refractivity contribution in [3.63, 3.8) is 0 Å². The minimum atomic E-state index is -4.53. The van der Waals surface area contributed by atoms with Crippen LogP contribution in [0.15, 0.2) is 30.5 Å². The Balaban J connectivity index is 1.65. The molecular weight excluding hydrogens is 442 g/mol. The first kappa shape index (κ1) is 21.0. The van der Waals surface area contributed by atoms with Gasteiger partial charge in [0, 0.05) is 47.3 Å². The molecule has 2 aromatic heterocycles. The fourth-order valence-electron chi connectivity index (χ4n) is 3.39. The minimum Gasteiger partial charge on any atom is -0.378 e. The highest BCUT2D eigenvalue weighted by Gasteiger charge is 2.32. The van der Waals surface area contributed by atoms with Crippen molar-refractivity contribution in [2.24, 2.45) is 0 Å². The highest BCUT2D eigenvalue weighted by molar-refractivity contribution is 6.38. The van der Waals surface area contributed by atoms with Crippen LogP contribution in [-0.2, 0) is 17.3 Å². The van der Waals surface area contributed by atoms with Gasteiger partial charge in [-0.3, -0.25) is 9.78 Å². The Morgan fingerprint density at radius 2 is 1.93 bits per heavy atom. The average molecular weight is 458 g/mol. The van der Waals surface area contributed by atoms with Gasteiger partial charge in [0.1, 0.15) is 5.69 Å². The molecule has 3 aromatic rings. The van der Waals surface area contributed by atoms with Crippen molar-refractivity contribution in [1.29, 1.82) is 0 Å². The van der Waals surface area contributed by atoms with Crippen molar-refractivity contribution in [3.8, 4) is 0 Å². The van der Waals surface area contributed by atoms with E-state index in [0.717, 1.165) is 6.07 Å². The van der Waals surface area contributed by atoms with Gasteiger partial charge in [0.2, 0.25) is 0 Å². The molecular formula is C20H16Cl2F3N3O2. The van der Waals surface area contributed by atoms with Crippen LogP contribution in [0.25, 0.3) is 10.9 Å². The summed E-state index contributed by atoms with van der Waals surface area (Å²) in [6, 6.07) is 5.82. The standard InChI is InChI=1S/C20H16Cl2F3N3O2/c21-15-2-1-13(19(29)28-3-5-30-6-4-28)18(22)14(15)8-12-7-11-10-26-17(20(23,24)25)9-16(11)27-12/h1-2,7,9-10,27H,3-6,8H2. The lowest BCUT2D eigenvalue weighted by Crippen LogP contribution is -2.40. The summed E-state index contributed by atoms with van der Waals surface area (Å²) in [5.41, 5.74) is 0.784. The summed E-state index contributed by atoms with van der Waals surface area (Å²) in [7, 11) is 0. The molecule has 1 aliphatic heterocycles. The second-order valence-corrected chi connectivity index (χ2v) is 7.70. The van der Waals surface area contributed by atoms with Crippen LogP contribution in [0.1, 0.15) is 27.3 Å². The highest BCUT2D eigenvalue weighted by Crippen LogP contribution is 2.33. The van der Waals surface area contributed by atoms with Crippen molar-refractivity contribution in [3.05, 3.63) is 63.0 Å². The number of aromatic amines is 1. The van der Waals surface area contributed by atoms with Crippen LogP contribution in [0.2, 0.25) is 10.0 Å². The molecule has 0 unspecified atom stereocenters. The van der Waals surface area contributed by atoms with Crippen molar-refractivity contribution in [1.82, 2.24) is 14.9 Å². The third-order valence-electron chi connectivity index (χ3n) is 4.93. The molecule has 1 aliphatic rings. The lowest BCUT2D eigenvalue weighted by Gasteiger charge is -2.27. The molecule has 0 spiro atoms. The van der Waals surface area contributed by atoms with Gasteiger partial charge in [-0.1, -0.05) is 23.2 Å². The monoisotopic (exact) mass is 457 g/mol. The third-order valence-corrected chi connectivity index (χ3v) is 5.72. The second kappa shape index (κ2) is 8.09. The molecule has 3 heterocycles. The Hall–Kier alpha value is -2.29. The molecule has 1 amide bonds. The topological polar surface area (TPSA) is 58.2 Å². The molecule has 1 fully saturated rings. The number of hydrogen-bond donors (Lipinski definition) is 1. The summed E-state index contributed by atoms with van der Waals surface area (Å²) in [6.07, 6.45) is -3.14. The van der Waals surface area contributed by atoms with Gasteiger partial charge in [0.25, 0.3) is 5.91 Å². The maximum Gasteiger partial charge on any atom is 0.433 e. The number of amides is 1. The van der Waals surface area contributed by atoms with Gasteiger partial charge in [0.05, 0.1) is 23.8 Å². The Morgan fingerprint density at radius 1 is 1.20 bits per heavy atom. The van der Waals surface area contributed by atoms with E-state index in [4.69, 9.17) is 27.9 Å². The van der Waals surface area contributed by atoms with Gasteiger partial charge in [0.15, 0.2) is 0 Å². The number of halogens is 5. The molecule has 1 aromatic carbocycles. The maximum absolute atomic E-state index is 12.9. The third kappa shape index (κ3) is 4.12. The predicted octanol–water partition coefficient (Wildman–Crippen LogP) is 4.95. The summed E-state index contributed by atoms with van der Waals surface area (Å²) in [6.45, 7) is 1.88. The molecule has 0 saturated carbocycles. The number of morpholine rings is 1. The fraction of sp³-hybridized carbons (Fsp3) is 0.300. The molecule has 5 nitrogen and oxygen atoms in total. The number of pyridine rings is 1. The van der Waals surface area contributed by atoms with Gasteiger partial charge < -0.3 is 14.6 Å². The van der Waals surface area contributed by atoms with Crippen LogP contribution < -0.4 is 0 Å². The zero-order chi connectivity index (χ0) is 21.5. The number of rotatable bonds is 3. The molecule has 0 bridgehead atoms. The smallest absolute Gasteiger partial charge is 0.378 e. The number of H-pyrrole nitrogens is 1. The number of ether oxygens (including phenoxy) is 1. The SMILES string of the molecule is O=C(c1ccc(Cl)c(Cc2cc3cnc(C(F)(F)F)cc3[nH]2)c1Cl)N1CCOCC1. The molecule has 0 aliphatic carbocycles. The number of carbonyl (C=O) groups is 1. The number of carbonyl (C=O) groups excluding carboxylic acids is 1. The Bertz CT molecular complexity index is 1110. The van der Waals surface area contributed by atoms with Crippen LogP contribution in [0.4, 0.5) is 13.2 Å². The van der Waals surface area contributed by atoms with Crippen LogP contribution in [-0.4, -0.2) is 47.1 Å². The number of nitrogens with zero attached hydrogens (tertiary/aromatic N) is 2. The van der Waals surface area contributed by atoms with Gasteiger partial charge >= 0.3 is 6.18 Å². The van der Waals surface area contributed by atoms with E-state index in [1.54, 1.807) is 23.1 Å². The summed E-state index contributed by atoms with van der Waals surface area (Å²) < 4.78 is 43.9. The Kier molecular flexibility index (Phi) is 5.65. The predicted molar refractivity (Wildman–Crippen MR) is 107 cm³/mol. The summed E-state index contributed by atoms with van der Waals surface area (Å²) in [4.78, 5) is 20.9. The zero-order valence-electron chi connectivity index (χ0n) is 15.5. The maximum atomic E-state index is 12.9. The van der Waals surface area contributed by atoms with Crippen LogP contribution in [0.3, 0.4) is 0 Å². The minimum absolute atomic E-state index is 0.211. The van der Waals surface area contributed by atoms with E-state index in [9.17, 15) is 18.0 Å². The van der Waals surface area contributed by atoms with Crippen LogP contribution >= 0.6 is 23.2 Å². The van der Waals surface area contributed by atoms with E-state index in [1.807, 2.05) is 0 Å². The molecule has 1 N–H and O–H groups in total. The van der Waals surface area contributed by atoms with Crippen LogP contribution in [0.5, 0.6) is 0 Å². The second-order valence-electron chi connectivity index (χ2n) is 6.92. The number of alkyl halides is 3. The molecule has 0 radical (unpaired) electrons. The Labute approximate surface area is 179 Å². The number of benzene rings is 1. The average Bonchev–Trinajstić information content (AvgIpc) is 3.12. The summed E-state index contributed by atoms with van der Waals surface area (Å²) >= 11 is 12.8. The van der Waals surface area contributed by atoms with E-state index < -0.39 is 11.9 Å². The Morgan fingerprint density at radius 3 is 2.63 bits per heavy atom. The van der Waals surface area contributed by atoms with Crippen molar-refractivity contribution < 1.29 is 22.7 Å². The fourth-order valence-corrected chi connectivity index (χ4v) is 3.97. The van der Waals surface area contributed by atoms with Crippen LogP contribution in [0, 0.1) is 0 Å². The molecule has 10 heteroatoms. The van der Waals surface area contributed by atoms with Gasteiger partial charge in [-0.05, 0) is 29.8 Å². The summed E-state index contributed by atoms with van der Waals surface area (Å²) in [5, 5.41) is 1.13. The van der Waals surface area contributed by atoms with Crippen molar-refractivity contribution in [2.75, 3.05) is 26.3 Å². The molecule has 158 valence electrons. The van der Waals surface area contributed by atoms with Crippen molar-refractivity contribution >= 4 is 40.0 Å². The summed E-state index contributed by atoms with van der Waals surface area (Å²) in [5.74, 6) is -0.211. The first-order valence-electron chi connectivity index (χ1n) is 9.13. The lowest BCUT2D eigenvalue weighted by atomic mass is 10.0. The van der Waals surface area contributed by atoms with Crippen molar-refractivity contribution in [2.45, 2.75) is 12.6 Å². The first-order valence-corrected chi connectivity index (χ1v) is 9.88. The van der Waals surface area contributed by atoms with E-state index in [-0.39, 0.29) is 17.4 Å². The quantitative estimate of drug-likeness (QED) is 0.605. The normalized spacial score (nSPS) is 15.0. The van der Waals surface area contributed by atoms with Gasteiger partial charge in [-0.25, -0.2) is 0 Å². The molecule has 0 atom stereocenters. The highest BCUT2D eigenvalue weighted by atomic mass is 35.5.